The van der Waals surface area contributed by atoms with Crippen LogP contribution in [0.5, 0.6) is 0 Å². The van der Waals surface area contributed by atoms with E-state index in [-0.39, 0.29) is 12.5 Å². The van der Waals surface area contributed by atoms with Crippen molar-refractivity contribution in [2.45, 2.75) is 39.8 Å². The number of hydrogen-bond acceptors (Lipinski definition) is 5. The maximum atomic E-state index is 9.50. The Morgan fingerprint density at radius 2 is 2.00 bits per heavy atom. The van der Waals surface area contributed by atoms with E-state index in [1.54, 1.807) is 5.56 Å². The number of primary amides is 1. The smallest absolute Gasteiger partial charge is 0.207 e. The number of nitrogens with one attached hydrogen (secondary N) is 3. The summed E-state index contributed by atoms with van der Waals surface area (Å²) in [6, 6.07) is 0.280. The largest absolute Gasteiger partial charge is 0.380 e. The van der Waals surface area contributed by atoms with E-state index in [2.05, 4.69) is 28.6 Å². The van der Waals surface area contributed by atoms with E-state index in [1.807, 2.05) is 32.2 Å². The number of thiophene rings is 1. The summed E-state index contributed by atoms with van der Waals surface area (Å²) < 4.78 is 0. The number of anilines is 1. The summed E-state index contributed by atoms with van der Waals surface area (Å²) in [7, 11) is 2.00. The number of nitrogens with two attached hydrogens (primary N) is 1. The molecule has 1 aliphatic rings. The van der Waals surface area contributed by atoms with Crippen molar-refractivity contribution in [1.29, 1.82) is 0 Å². The van der Waals surface area contributed by atoms with Crippen LogP contribution < -0.4 is 21.7 Å². The van der Waals surface area contributed by atoms with Crippen molar-refractivity contribution in [3.05, 3.63) is 16.0 Å². The highest BCUT2D eigenvalue weighted by Gasteiger charge is 2.16. The molecule has 1 aromatic rings. The molecule has 0 saturated heterocycles. The number of carbonyl (C=O) groups is 2. The van der Waals surface area contributed by atoms with Gasteiger partial charge >= 0.3 is 0 Å². The van der Waals surface area contributed by atoms with Crippen molar-refractivity contribution in [1.82, 2.24) is 10.6 Å². The zero-order chi connectivity index (χ0) is 16.3. The Bertz CT molecular complexity index is 433. The Morgan fingerprint density at radius 3 is 2.38 bits per heavy atom. The van der Waals surface area contributed by atoms with E-state index in [1.165, 1.54) is 21.9 Å². The maximum absolute atomic E-state index is 9.50. The molecule has 0 aliphatic carbocycles. The molecule has 7 heteroatoms. The van der Waals surface area contributed by atoms with Gasteiger partial charge in [0.1, 0.15) is 0 Å². The van der Waals surface area contributed by atoms with Crippen LogP contribution in [0.25, 0.3) is 0 Å². The Hall–Kier alpha value is -1.60. The molecular formula is C14H26N4O2S. The minimum atomic E-state index is 0.250. The van der Waals surface area contributed by atoms with Crippen molar-refractivity contribution >= 4 is 29.2 Å². The van der Waals surface area contributed by atoms with Crippen LogP contribution in [0.4, 0.5) is 5.00 Å². The van der Waals surface area contributed by atoms with Crippen LogP contribution in [0.2, 0.25) is 0 Å². The first-order chi connectivity index (χ1) is 10.0. The fourth-order valence-corrected chi connectivity index (χ4v) is 3.04. The highest BCUT2D eigenvalue weighted by molar-refractivity contribution is 7.16. The van der Waals surface area contributed by atoms with E-state index in [4.69, 9.17) is 4.79 Å². The summed E-state index contributed by atoms with van der Waals surface area (Å²) in [5.41, 5.74) is 7.20. The van der Waals surface area contributed by atoms with E-state index in [9.17, 15) is 4.79 Å². The summed E-state index contributed by atoms with van der Waals surface area (Å²) >= 11 is 1.89. The van der Waals surface area contributed by atoms with Gasteiger partial charge in [-0.25, -0.2) is 0 Å². The third-order valence-corrected chi connectivity index (χ3v) is 4.17. The van der Waals surface area contributed by atoms with Gasteiger partial charge in [-0.2, -0.15) is 0 Å². The second-order valence-corrected chi connectivity index (χ2v) is 5.82. The van der Waals surface area contributed by atoms with Crippen molar-refractivity contribution in [2.24, 2.45) is 5.73 Å². The predicted octanol–water partition coefficient (Wildman–Crippen LogP) is 0.986. The molecule has 6 nitrogen and oxygen atoms in total. The van der Waals surface area contributed by atoms with Gasteiger partial charge in [0.15, 0.2) is 0 Å². The number of fused-ring (bicyclic) bond motifs is 1. The average molecular weight is 314 g/mol. The lowest BCUT2D eigenvalue weighted by atomic mass is 10.1. The van der Waals surface area contributed by atoms with Crippen LogP contribution in [0, 0.1) is 6.92 Å². The third kappa shape index (κ3) is 7.10. The zero-order valence-corrected chi connectivity index (χ0v) is 14.0. The van der Waals surface area contributed by atoms with Gasteiger partial charge in [0.25, 0.3) is 0 Å². The lowest BCUT2D eigenvalue weighted by molar-refractivity contribution is -0.110. The van der Waals surface area contributed by atoms with Crippen LogP contribution in [0.3, 0.4) is 0 Å². The minimum Gasteiger partial charge on any atom is -0.380 e. The van der Waals surface area contributed by atoms with Gasteiger partial charge in [-0.15, -0.1) is 11.3 Å². The Labute approximate surface area is 130 Å². The molecule has 1 aliphatic heterocycles. The molecular weight excluding hydrogens is 288 g/mol. The molecule has 21 heavy (non-hydrogen) atoms. The normalized spacial score (nSPS) is 12.0. The quantitative estimate of drug-likeness (QED) is 0.626. The predicted molar refractivity (Wildman–Crippen MR) is 88.6 cm³/mol. The van der Waals surface area contributed by atoms with Gasteiger partial charge in [0.2, 0.25) is 12.8 Å². The van der Waals surface area contributed by atoms with Crippen molar-refractivity contribution in [3.63, 3.8) is 0 Å². The Balaban J connectivity index is 0.000000378. The molecule has 0 saturated carbocycles. The topological polar surface area (TPSA) is 96.2 Å². The van der Waals surface area contributed by atoms with Crippen LogP contribution in [-0.4, -0.2) is 32.5 Å². The zero-order valence-electron chi connectivity index (χ0n) is 13.2. The van der Waals surface area contributed by atoms with Gasteiger partial charge < -0.3 is 21.7 Å². The number of amides is 2. The molecule has 2 amide bonds. The molecule has 5 N–H and O–H groups in total. The van der Waals surface area contributed by atoms with Crippen molar-refractivity contribution in [2.75, 3.05) is 18.9 Å². The second kappa shape index (κ2) is 11.1. The van der Waals surface area contributed by atoms with E-state index < -0.39 is 0 Å². The Morgan fingerprint density at radius 1 is 1.38 bits per heavy atom. The summed E-state index contributed by atoms with van der Waals surface area (Å²) in [5.74, 6) is 0. The van der Waals surface area contributed by atoms with Crippen molar-refractivity contribution < 1.29 is 9.59 Å². The first-order valence-corrected chi connectivity index (χ1v) is 7.68. The SMILES string of the molecule is CC(C)NC=O.CNc1sc2c(c1C)CCNC2.NC=O. The third-order valence-electron chi connectivity index (χ3n) is 2.82. The molecule has 0 radical (unpaired) electrons. The van der Waals surface area contributed by atoms with Gasteiger partial charge in [-0.3, -0.25) is 9.59 Å². The molecule has 0 atom stereocenters. The number of hydrogen-bond donors (Lipinski definition) is 4. The molecule has 2 heterocycles. The lowest BCUT2D eigenvalue weighted by Crippen LogP contribution is -2.22. The van der Waals surface area contributed by atoms with E-state index >= 15 is 0 Å². The Kier molecular flexibility index (Phi) is 10.3. The number of rotatable bonds is 3. The molecule has 0 aromatic carbocycles. The molecule has 120 valence electrons. The van der Waals surface area contributed by atoms with E-state index in [0.717, 1.165) is 13.1 Å². The first kappa shape index (κ1) is 19.4. The lowest BCUT2D eigenvalue weighted by Gasteiger charge is -2.12. The monoisotopic (exact) mass is 314 g/mol. The highest BCUT2D eigenvalue weighted by Crippen LogP contribution is 2.33. The fourth-order valence-electron chi connectivity index (χ4n) is 1.87. The highest BCUT2D eigenvalue weighted by atomic mass is 32.1. The minimum absolute atomic E-state index is 0.250. The van der Waals surface area contributed by atoms with Crippen LogP contribution >= 0.6 is 11.3 Å². The summed E-state index contributed by atoms with van der Waals surface area (Å²) in [6.45, 7) is 8.23. The number of carbonyl (C=O) groups excluding carboxylic acids is 2. The second-order valence-electron chi connectivity index (χ2n) is 4.71. The molecule has 2 rings (SSSR count). The van der Waals surface area contributed by atoms with Gasteiger partial charge in [0.05, 0.1) is 5.00 Å². The molecule has 0 fully saturated rings. The van der Waals surface area contributed by atoms with Gasteiger partial charge in [0, 0.05) is 24.5 Å². The molecule has 0 spiro atoms. The summed E-state index contributed by atoms with van der Waals surface area (Å²) in [4.78, 5) is 19.6. The van der Waals surface area contributed by atoms with Gasteiger partial charge in [-0.05, 0) is 44.9 Å². The maximum Gasteiger partial charge on any atom is 0.207 e. The summed E-state index contributed by atoms with van der Waals surface area (Å²) in [5, 5.41) is 10.5. The average Bonchev–Trinajstić information content (AvgIpc) is 2.77. The van der Waals surface area contributed by atoms with E-state index in [0.29, 0.717) is 6.41 Å². The van der Waals surface area contributed by atoms with Crippen LogP contribution in [0.1, 0.15) is 29.9 Å². The molecule has 0 bridgehead atoms. The summed E-state index contributed by atoms with van der Waals surface area (Å²) in [6.07, 6.45) is 2.14. The van der Waals surface area contributed by atoms with Gasteiger partial charge in [-0.1, -0.05) is 0 Å². The van der Waals surface area contributed by atoms with Crippen LogP contribution in [0.15, 0.2) is 0 Å². The fraction of sp³-hybridized carbons (Fsp3) is 0.571. The first-order valence-electron chi connectivity index (χ1n) is 6.86. The molecule has 0 unspecified atom stereocenters. The standard InChI is InChI=1S/C9H14N2S.C4H9NO.CH3NO/c1-6-7-3-4-11-5-8(7)12-9(6)10-2;1-4(2)5-3-6;2-1-3/h10-11H,3-5H2,1-2H3;3-4H,1-2H3,(H,5,6);1H,(H2,2,3). The van der Waals surface area contributed by atoms with Crippen LogP contribution in [-0.2, 0) is 22.6 Å². The van der Waals surface area contributed by atoms with Crippen molar-refractivity contribution in [3.8, 4) is 0 Å². The molecule has 1 aromatic heterocycles.